The van der Waals surface area contributed by atoms with Gasteiger partial charge in [-0.3, -0.25) is 0 Å². The number of anilines is 1. The molecule has 3 heteroatoms. The Kier molecular flexibility index (Phi) is 8.31. The van der Waals surface area contributed by atoms with Crippen LogP contribution < -0.4 is 10.6 Å². The van der Waals surface area contributed by atoms with Crippen LogP contribution in [0.25, 0.3) is 50.5 Å². The highest BCUT2D eigenvalue weighted by molar-refractivity contribution is 6.24. The van der Waals surface area contributed by atoms with Crippen LogP contribution in [0.2, 0.25) is 0 Å². The van der Waals surface area contributed by atoms with Gasteiger partial charge in [-0.1, -0.05) is 188 Å². The van der Waals surface area contributed by atoms with Gasteiger partial charge in [-0.05, 0) is 73.4 Å². The standard InChI is InChI=1S/C52H39N3/c1-5-14-37(15-6-1)47-46(48(38-16-7-2-8-17-38)50(40-20-11-4-12-21-40)55-49(47)39-18-9-3-10-19-39)44-23-13-22-43(34-44)35-24-26-36(27-25-35)45-31-30-41-28-29-42-32-33-53-51(42)52(41)54-45/h1-34,45,49,53-55H. The lowest BCUT2D eigenvalue weighted by molar-refractivity contribution is 0.787. The molecule has 3 nitrogen and oxygen atoms in total. The number of dihydropyridines is 1. The van der Waals surface area contributed by atoms with Crippen LogP contribution in [0.4, 0.5) is 5.69 Å². The van der Waals surface area contributed by atoms with Gasteiger partial charge in [0.05, 0.1) is 29.0 Å². The number of aromatic amines is 1. The van der Waals surface area contributed by atoms with Crippen molar-refractivity contribution in [1.29, 1.82) is 0 Å². The second-order valence-electron chi connectivity index (χ2n) is 14.3. The van der Waals surface area contributed by atoms with E-state index in [0.717, 1.165) is 22.5 Å². The zero-order valence-corrected chi connectivity index (χ0v) is 30.3. The van der Waals surface area contributed by atoms with Crippen molar-refractivity contribution in [3.05, 3.63) is 239 Å². The molecule has 3 N–H and O–H groups in total. The summed E-state index contributed by atoms with van der Waals surface area (Å²) in [7, 11) is 0. The molecule has 3 heterocycles. The van der Waals surface area contributed by atoms with E-state index in [4.69, 9.17) is 0 Å². The van der Waals surface area contributed by atoms with E-state index in [-0.39, 0.29) is 12.1 Å². The van der Waals surface area contributed by atoms with E-state index in [2.05, 4.69) is 216 Å². The predicted octanol–water partition coefficient (Wildman–Crippen LogP) is 12.8. The Morgan fingerprint density at radius 2 is 1.05 bits per heavy atom. The minimum atomic E-state index is -0.0856. The van der Waals surface area contributed by atoms with Crippen LogP contribution in [0.15, 0.2) is 200 Å². The van der Waals surface area contributed by atoms with E-state index in [1.807, 2.05) is 6.20 Å². The maximum atomic E-state index is 4.09. The van der Waals surface area contributed by atoms with Crippen molar-refractivity contribution in [2.24, 2.45) is 0 Å². The molecule has 0 amide bonds. The van der Waals surface area contributed by atoms with E-state index < -0.39 is 0 Å². The largest absolute Gasteiger partial charge is 0.373 e. The topological polar surface area (TPSA) is 39.8 Å². The quantitative estimate of drug-likeness (QED) is 0.154. The third-order valence-electron chi connectivity index (χ3n) is 11.0. The highest BCUT2D eigenvalue weighted by Crippen LogP contribution is 2.50. The number of nitrogens with one attached hydrogen (secondary N) is 3. The van der Waals surface area contributed by atoms with E-state index >= 15 is 0 Å². The molecule has 0 radical (unpaired) electrons. The molecule has 2 atom stereocenters. The molecule has 55 heavy (non-hydrogen) atoms. The van der Waals surface area contributed by atoms with Crippen LogP contribution in [0.5, 0.6) is 0 Å². The summed E-state index contributed by atoms with van der Waals surface area (Å²) in [4.78, 5) is 3.43. The minimum absolute atomic E-state index is 0.0833. The van der Waals surface area contributed by atoms with Crippen molar-refractivity contribution in [1.82, 2.24) is 10.3 Å². The van der Waals surface area contributed by atoms with Gasteiger partial charge in [0.25, 0.3) is 0 Å². The summed E-state index contributed by atoms with van der Waals surface area (Å²) in [6.07, 6.45) is 6.50. The molecular weight excluding hydrogens is 667 g/mol. The summed E-state index contributed by atoms with van der Waals surface area (Å²) in [6, 6.07) is 68.0. The smallest absolute Gasteiger partial charge is 0.0779 e. The van der Waals surface area contributed by atoms with Gasteiger partial charge in [0.15, 0.2) is 0 Å². The van der Waals surface area contributed by atoms with Crippen molar-refractivity contribution in [2.45, 2.75) is 12.1 Å². The highest BCUT2D eigenvalue weighted by Gasteiger charge is 2.33. The first-order valence-corrected chi connectivity index (χ1v) is 19.0. The lowest BCUT2D eigenvalue weighted by Gasteiger charge is -2.36. The van der Waals surface area contributed by atoms with E-state index in [9.17, 15) is 0 Å². The second kappa shape index (κ2) is 14.0. The monoisotopic (exact) mass is 705 g/mol. The van der Waals surface area contributed by atoms with Gasteiger partial charge >= 0.3 is 0 Å². The molecule has 0 aliphatic carbocycles. The molecule has 2 unspecified atom stereocenters. The van der Waals surface area contributed by atoms with Crippen LogP contribution in [0.3, 0.4) is 0 Å². The Hall–Kier alpha value is -7.10. The fourth-order valence-electron chi connectivity index (χ4n) is 8.32. The van der Waals surface area contributed by atoms with Gasteiger partial charge in [0, 0.05) is 17.2 Å². The van der Waals surface area contributed by atoms with Gasteiger partial charge in [-0.25, -0.2) is 0 Å². The maximum absolute atomic E-state index is 4.09. The minimum Gasteiger partial charge on any atom is -0.373 e. The Labute approximate surface area is 322 Å². The van der Waals surface area contributed by atoms with Gasteiger partial charge < -0.3 is 15.6 Å². The first kappa shape index (κ1) is 32.5. The summed E-state index contributed by atoms with van der Waals surface area (Å²) >= 11 is 0. The van der Waals surface area contributed by atoms with Crippen LogP contribution in [0, 0.1) is 0 Å². The third-order valence-corrected chi connectivity index (χ3v) is 11.0. The lowest BCUT2D eigenvalue weighted by atomic mass is 9.76. The number of allylic oxidation sites excluding steroid dienone is 2. The Morgan fingerprint density at radius 1 is 0.418 bits per heavy atom. The highest BCUT2D eigenvalue weighted by atomic mass is 15.0. The van der Waals surface area contributed by atoms with Crippen LogP contribution in [0.1, 0.15) is 51.0 Å². The SMILES string of the molecule is C1=CC(c2ccc(-c3cccc(C4=C(c5ccccc5)C(c5ccccc5)NC(c5ccccc5)=C4c4ccccc4)c3)cc2)Nc2c1ccc1cc[nH]c21. The van der Waals surface area contributed by atoms with Crippen LogP contribution in [-0.2, 0) is 0 Å². The fraction of sp³-hybridized carbons (Fsp3) is 0.0385. The van der Waals surface area contributed by atoms with E-state index in [1.54, 1.807) is 0 Å². The maximum Gasteiger partial charge on any atom is 0.0779 e. The predicted molar refractivity (Wildman–Crippen MR) is 231 cm³/mol. The van der Waals surface area contributed by atoms with Crippen LogP contribution >= 0.6 is 0 Å². The van der Waals surface area contributed by atoms with E-state index in [0.29, 0.717) is 0 Å². The number of rotatable bonds is 7. The fourth-order valence-corrected chi connectivity index (χ4v) is 8.32. The molecule has 1 aromatic heterocycles. The van der Waals surface area contributed by atoms with Gasteiger partial charge in [0.1, 0.15) is 0 Å². The summed E-state index contributed by atoms with van der Waals surface area (Å²) in [5.74, 6) is 0. The molecule has 0 bridgehead atoms. The van der Waals surface area contributed by atoms with Gasteiger partial charge in [-0.15, -0.1) is 0 Å². The summed E-state index contributed by atoms with van der Waals surface area (Å²) in [5.41, 5.74) is 17.8. The summed E-state index contributed by atoms with van der Waals surface area (Å²) in [5, 5.41) is 9.10. The number of aromatic nitrogens is 1. The second-order valence-corrected chi connectivity index (χ2v) is 14.3. The third kappa shape index (κ3) is 6.06. The Morgan fingerprint density at radius 3 is 1.78 bits per heavy atom. The molecule has 0 saturated carbocycles. The normalized spacial score (nSPS) is 16.4. The number of hydrogen-bond donors (Lipinski definition) is 3. The zero-order valence-electron chi connectivity index (χ0n) is 30.3. The molecule has 10 rings (SSSR count). The molecule has 0 spiro atoms. The van der Waals surface area contributed by atoms with Crippen molar-refractivity contribution < 1.29 is 0 Å². The number of hydrogen-bond acceptors (Lipinski definition) is 2. The molecule has 8 aromatic rings. The van der Waals surface area contributed by atoms with Crippen LogP contribution in [-0.4, -0.2) is 4.98 Å². The lowest BCUT2D eigenvalue weighted by Crippen LogP contribution is -2.27. The number of fused-ring (bicyclic) bond motifs is 3. The summed E-state index contributed by atoms with van der Waals surface area (Å²) in [6.45, 7) is 0. The number of H-pyrrole nitrogens is 1. The molecule has 2 aliphatic rings. The zero-order chi connectivity index (χ0) is 36.6. The molecule has 7 aromatic carbocycles. The average Bonchev–Trinajstić information content (AvgIpc) is 3.77. The van der Waals surface area contributed by atoms with E-state index in [1.165, 1.54) is 66.6 Å². The van der Waals surface area contributed by atoms with Crippen molar-refractivity contribution >= 4 is 45.1 Å². The first-order valence-electron chi connectivity index (χ1n) is 19.0. The molecule has 262 valence electrons. The van der Waals surface area contributed by atoms with Gasteiger partial charge in [-0.2, -0.15) is 0 Å². The molecule has 2 aliphatic heterocycles. The first-order chi connectivity index (χ1) is 27.3. The molecular formula is C52H39N3. The summed E-state index contributed by atoms with van der Waals surface area (Å²) < 4.78 is 0. The molecule has 0 saturated heterocycles. The Bertz CT molecular complexity index is 2720. The molecule has 0 fully saturated rings. The van der Waals surface area contributed by atoms with Crippen molar-refractivity contribution in [3.8, 4) is 11.1 Å². The van der Waals surface area contributed by atoms with Crippen molar-refractivity contribution in [3.63, 3.8) is 0 Å². The van der Waals surface area contributed by atoms with Crippen molar-refractivity contribution in [2.75, 3.05) is 5.32 Å². The van der Waals surface area contributed by atoms with Gasteiger partial charge in [0.2, 0.25) is 0 Å². The average molecular weight is 706 g/mol. The Balaban J connectivity index is 1.12. The number of benzene rings is 7.